The average molecular weight is 428 g/mol. The van der Waals surface area contributed by atoms with E-state index in [4.69, 9.17) is 18.3 Å². The minimum Gasteiger partial charge on any atom is -0.502 e. The van der Waals surface area contributed by atoms with Crippen molar-refractivity contribution in [2.24, 2.45) is 0 Å². The number of furan rings is 1. The van der Waals surface area contributed by atoms with Crippen LogP contribution < -0.4 is 5.43 Å². The van der Waals surface area contributed by atoms with E-state index in [-0.39, 0.29) is 35.9 Å². The lowest BCUT2D eigenvalue weighted by molar-refractivity contribution is -0.141. The highest BCUT2D eigenvalue weighted by molar-refractivity contribution is 5.89. The summed E-state index contributed by atoms with van der Waals surface area (Å²) < 4.78 is 21.2. The van der Waals surface area contributed by atoms with Crippen molar-refractivity contribution < 1.29 is 38.1 Å². The molecule has 2 heterocycles. The van der Waals surface area contributed by atoms with Gasteiger partial charge in [0, 0.05) is 18.7 Å². The Morgan fingerprint density at radius 3 is 2.55 bits per heavy atom. The van der Waals surface area contributed by atoms with E-state index in [1.165, 1.54) is 26.4 Å². The molecule has 0 spiro atoms. The Morgan fingerprint density at radius 2 is 1.87 bits per heavy atom. The number of aromatic carboxylic acids is 1. The predicted molar refractivity (Wildman–Crippen MR) is 107 cm³/mol. The maximum Gasteiger partial charge on any atom is 0.335 e. The number of ether oxygens (including phenoxy) is 2. The third-order valence-electron chi connectivity index (χ3n) is 4.57. The van der Waals surface area contributed by atoms with Gasteiger partial charge < -0.3 is 28.5 Å². The van der Waals surface area contributed by atoms with Crippen molar-refractivity contribution in [3.05, 3.63) is 75.5 Å². The number of carboxylic acid groups (broad SMARTS) is 1. The zero-order valence-corrected chi connectivity index (χ0v) is 16.8. The van der Waals surface area contributed by atoms with E-state index in [1.807, 2.05) is 0 Å². The van der Waals surface area contributed by atoms with E-state index in [0.29, 0.717) is 11.3 Å². The summed E-state index contributed by atoms with van der Waals surface area (Å²) in [7, 11) is 2.63. The van der Waals surface area contributed by atoms with Crippen LogP contribution >= 0.6 is 0 Å². The van der Waals surface area contributed by atoms with E-state index in [0.717, 1.165) is 6.07 Å². The second kappa shape index (κ2) is 9.31. The molecule has 3 rings (SSSR count). The van der Waals surface area contributed by atoms with Gasteiger partial charge in [0.05, 0.1) is 25.0 Å². The number of carbonyl (C=O) groups is 2. The Bertz CT molecular complexity index is 1160. The number of hydrogen-bond donors (Lipinski definition) is 2. The van der Waals surface area contributed by atoms with Crippen LogP contribution in [0, 0.1) is 0 Å². The van der Waals surface area contributed by atoms with Crippen molar-refractivity contribution in [3.63, 3.8) is 0 Å². The van der Waals surface area contributed by atoms with Gasteiger partial charge in [-0.1, -0.05) is 12.1 Å². The summed E-state index contributed by atoms with van der Waals surface area (Å²) in [6.45, 7) is -0.0150. The van der Waals surface area contributed by atoms with Crippen LogP contribution in [0.5, 0.6) is 5.75 Å². The molecule has 0 radical (unpaired) electrons. The van der Waals surface area contributed by atoms with Gasteiger partial charge in [-0.3, -0.25) is 9.59 Å². The zero-order valence-electron chi connectivity index (χ0n) is 16.8. The number of aromatic hydroxyl groups is 1. The van der Waals surface area contributed by atoms with Gasteiger partial charge in [0.15, 0.2) is 5.76 Å². The Morgan fingerprint density at radius 1 is 1.10 bits per heavy atom. The molecule has 0 aliphatic rings. The van der Waals surface area contributed by atoms with Crippen LogP contribution in [0.25, 0.3) is 11.3 Å². The Labute approximate surface area is 176 Å². The maximum absolute atomic E-state index is 12.2. The minimum absolute atomic E-state index is 0.0150. The second-order valence-corrected chi connectivity index (χ2v) is 6.64. The normalized spacial score (nSPS) is 11.8. The van der Waals surface area contributed by atoms with Gasteiger partial charge in [-0.15, -0.1) is 0 Å². The molecule has 0 saturated heterocycles. The highest BCUT2D eigenvalue weighted by atomic mass is 16.5. The molecular weight excluding hydrogens is 408 g/mol. The molecule has 2 N–H and O–H groups in total. The lowest BCUT2D eigenvalue weighted by Gasteiger charge is -2.15. The van der Waals surface area contributed by atoms with Gasteiger partial charge in [0.25, 0.3) is 0 Å². The molecular formula is C22H20O9. The summed E-state index contributed by atoms with van der Waals surface area (Å²) in [6.07, 6.45) is -0.272. The summed E-state index contributed by atoms with van der Waals surface area (Å²) in [6, 6.07) is 10.4. The topological polar surface area (TPSA) is 136 Å². The van der Waals surface area contributed by atoms with Crippen LogP contribution in [0.3, 0.4) is 0 Å². The van der Waals surface area contributed by atoms with Crippen molar-refractivity contribution in [3.8, 4) is 17.1 Å². The van der Waals surface area contributed by atoms with Gasteiger partial charge in [0.2, 0.25) is 11.2 Å². The van der Waals surface area contributed by atoms with Gasteiger partial charge in [-0.25, -0.2) is 4.79 Å². The molecule has 3 aromatic rings. The molecule has 1 unspecified atom stereocenters. The highest BCUT2D eigenvalue weighted by Gasteiger charge is 2.29. The van der Waals surface area contributed by atoms with Crippen LogP contribution in [0.1, 0.15) is 40.0 Å². The monoisotopic (exact) mass is 428 g/mol. The molecule has 0 amide bonds. The SMILES string of the molecule is COCc1cc(=O)c(O)c(C(CC(=O)OC)c2ccc(-c3cccc(C(=O)O)c3)o2)o1. The number of esters is 1. The number of methoxy groups -OCH3 is 2. The molecule has 0 saturated carbocycles. The largest absolute Gasteiger partial charge is 0.502 e. The standard InChI is InChI=1S/C22H20O9/c1-28-11-14-9-16(23)20(25)21(30-14)15(10-19(24)29-2)18-7-6-17(31-18)12-4-3-5-13(8-12)22(26)27/h3-9,15,25H,10-11H2,1-2H3,(H,26,27). The number of hydrogen-bond acceptors (Lipinski definition) is 8. The summed E-state index contributed by atoms with van der Waals surface area (Å²) in [5.74, 6) is -2.76. The van der Waals surface area contributed by atoms with Crippen LogP contribution in [-0.2, 0) is 20.9 Å². The third-order valence-corrected chi connectivity index (χ3v) is 4.57. The van der Waals surface area contributed by atoms with Crippen molar-refractivity contribution in [1.29, 1.82) is 0 Å². The van der Waals surface area contributed by atoms with Crippen molar-refractivity contribution in [2.75, 3.05) is 14.2 Å². The summed E-state index contributed by atoms with van der Waals surface area (Å²) in [5, 5.41) is 19.5. The van der Waals surface area contributed by atoms with Crippen LogP contribution in [0.2, 0.25) is 0 Å². The number of benzene rings is 1. The Kier molecular flexibility index (Phi) is 6.56. The lowest BCUT2D eigenvalue weighted by atomic mass is 9.98. The lowest BCUT2D eigenvalue weighted by Crippen LogP contribution is -2.13. The quantitative estimate of drug-likeness (QED) is 0.518. The first-order chi connectivity index (χ1) is 14.8. The average Bonchev–Trinajstić information content (AvgIpc) is 3.24. The molecule has 1 aromatic carbocycles. The van der Waals surface area contributed by atoms with E-state index in [9.17, 15) is 24.6 Å². The second-order valence-electron chi connectivity index (χ2n) is 6.64. The molecule has 0 bridgehead atoms. The number of carbonyl (C=O) groups excluding carboxylic acids is 1. The van der Waals surface area contributed by atoms with Gasteiger partial charge >= 0.3 is 11.9 Å². The summed E-state index contributed by atoms with van der Waals surface area (Å²) >= 11 is 0. The molecule has 162 valence electrons. The molecule has 0 aliphatic heterocycles. The molecule has 31 heavy (non-hydrogen) atoms. The molecule has 2 aromatic heterocycles. The van der Waals surface area contributed by atoms with Crippen molar-refractivity contribution in [2.45, 2.75) is 18.9 Å². The number of rotatable bonds is 8. The first kappa shape index (κ1) is 21.8. The Balaban J connectivity index is 2.07. The zero-order chi connectivity index (χ0) is 22.5. The van der Waals surface area contributed by atoms with Gasteiger partial charge in [-0.05, 0) is 24.3 Å². The fraction of sp³-hybridized carbons (Fsp3) is 0.227. The van der Waals surface area contributed by atoms with E-state index >= 15 is 0 Å². The first-order valence-electron chi connectivity index (χ1n) is 9.19. The third kappa shape index (κ3) is 4.84. The smallest absolute Gasteiger partial charge is 0.335 e. The van der Waals surface area contributed by atoms with Crippen molar-refractivity contribution >= 4 is 11.9 Å². The van der Waals surface area contributed by atoms with Gasteiger partial charge in [-0.2, -0.15) is 0 Å². The van der Waals surface area contributed by atoms with Crippen LogP contribution in [0.15, 0.2) is 56.1 Å². The fourth-order valence-corrected chi connectivity index (χ4v) is 3.08. The van der Waals surface area contributed by atoms with Crippen molar-refractivity contribution in [1.82, 2.24) is 0 Å². The molecule has 9 nitrogen and oxygen atoms in total. The molecule has 1 atom stereocenters. The summed E-state index contributed by atoms with van der Waals surface area (Å²) in [5.41, 5.74) is -0.108. The van der Waals surface area contributed by atoms with E-state index in [1.54, 1.807) is 24.3 Å². The maximum atomic E-state index is 12.2. The predicted octanol–water partition coefficient (Wildman–Crippen LogP) is 3.15. The molecule has 0 fully saturated rings. The molecule has 0 aliphatic carbocycles. The first-order valence-corrected chi connectivity index (χ1v) is 9.19. The minimum atomic E-state index is -1.08. The van der Waals surface area contributed by atoms with E-state index in [2.05, 4.69) is 0 Å². The van der Waals surface area contributed by atoms with Gasteiger partial charge in [0.1, 0.15) is 23.9 Å². The number of carboxylic acids is 1. The van der Waals surface area contributed by atoms with Crippen LogP contribution in [0.4, 0.5) is 0 Å². The van der Waals surface area contributed by atoms with E-state index < -0.39 is 29.0 Å². The highest BCUT2D eigenvalue weighted by Crippen LogP contribution is 2.36. The molecule has 9 heteroatoms. The fourth-order valence-electron chi connectivity index (χ4n) is 3.08. The summed E-state index contributed by atoms with van der Waals surface area (Å²) in [4.78, 5) is 35.4. The Hall–Kier alpha value is -3.85. The van der Waals surface area contributed by atoms with Crippen LogP contribution in [-0.4, -0.2) is 36.4 Å².